The molecule has 0 radical (unpaired) electrons. The minimum atomic E-state index is -0.846. The Morgan fingerprint density at radius 1 is 1.12 bits per heavy atom. The zero-order chi connectivity index (χ0) is 18.5. The van der Waals surface area contributed by atoms with Gasteiger partial charge in [-0.1, -0.05) is 50.1 Å². The van der Waals surface area contributed by atoms with E-state index in [1.54, 1.807) is 23.1 Å². The van der Waals surface area contributed by atoms with E-state index in [2.05, 4.69) is 11.9 Å². The summed E-state index contributed by atoms with van der Waals surface area (Å²) in [5.41, 5.74) is 2.96. The van der Waals surface area contributed by atoms with Gasteiger partial charge in [0, 0.05) is 17.7 Å². The first-order valence-corrected chi connectivity index (χ1v) is 9.04. The van der Waals surface area contributed by atoms with Crippen molar-refractivity contribution in [3.05, 3.63) is 59.7 Å². The monoisotopic (exact) mass is 352 g/mol. The molecule has 1 aliphatic rings. The van der Waals surface area contributed by atoms with Crippen LogP contribution in [0.2, 0.25) is 0 Å². The van der Waals surface area contributed by atoms with Crippen molar-refractivity contribution in [3.8, 4) is 5.75 Å². The highest BCUT2D eigenvalue weighted by Crippen LogP contribution is 2.29. The second-order valence-electron chi connectivity index (χ2n) is 6.44. The van der Waals surface area contributed by atoms with E-state index in [4.69, 9.17) is 0 Å². The molecule has 1 amide bonds. The number of rotatable bonds is 6. The van der Waals surface area contributed by atoms with Crippen LogP contribution in [0.5, 0.6) is 5.75 Å². The maximum absolute atomic E-state index is 13.0. The molecule has 0 spiro atoms. The Kier molecular flexibility index (Phi) is 5.68. The number of benzene rings is 2. The summed E-state index contributed by atoms with van der Waals surface area (Å²) >= 11 is 0. The molecule has 0 fully saturated rings. The minimum Gasteiger partial charge on any atom is -0.508 e. The molecule has 3 rings (SSSR count). The van der Waals surface area contributed by atoms with E-state index in [0.717, 1.165) is 36.1 Å². The van der Waals surface area contributed by atoms with E-state index in [1.165, 1.54) is 0 Å². The van der Waals surface area contributed by atoms with Gasteiger partial charge in [-0.05, 0) is 24.6 Å². The zero-order valence-corrected chi connectivity index (χ0v) is 14.9. The first-order valence-electron chi connectivity index (χ1n) is 9.04. The number of aliphatic hydroxyl groups is 1. The number of carbonyl (C=O) groups excluding carboxylic acids is 1. The van der Waals surface area contributed by atoms with Crippen molar-refractivity contribution in [2.24, 2.45) is 4.99 Å². The molecule has 2 aromatic rings. The van der Waals surface area contributed by atoms with Crippen LogP contribution in [0.15, 0.2) is 53.5 Å². The van der Waals surface area contributed by atoms with Crippen LogP contribution >= 0.6 is 0 Å². The van der Waals surface area contributed by atoms with Gasteiger partial charge in [0.25, 0.3) is 5.91 Å². The third-order valence-electron chi connectivity index (χ3n) is 4.56. The second kappa shape index (κ2) is 8.15. The Hall–Kier alpha value is -2.66. The fraction of sp³-hybridized carbons (Fsp3) is 0.333. The highest BCUT2D eigenvalue weighted by molar-refractivity contribution is 6.20. The van der Waals surface area contributed by atoms with Crippen molar-refractivity contribution in [2.75, 3.05) is 18.1 Å². The molecule has 2 N–H and O–H groups in total. The van der Waals surface area contributed by atoms with Crippen LogP contribution in [0, 0.1) is 0 Å². The van der Waals surface area contributed by atoms with E-state index in [9.17, 15) is 15.0 Å². The third kappa shape index (κ3) is 3.63. The highest BCUT2D eigenvalue weighted by Gasteiger charge is 2.31. The Morgan fingerprint density at radius 3 is 2.65 bits per heavy atom. The fourth-order valence-electron chi connectivity index (χ4n) is 3.24. The normalized spacial score (nSPS) is 16.8. The molecule has 136 valence electrons. The van der Waals surface area contributed by atoms with E-state index in [1.807, 2.05) is 30.3 Å². The third-order valence-corrected chi connectivity index (χ3v) is 4.56. The standard InChI is InChI=1S/C21H24N2O3/c1-2-3-6-12-23-19-11-5-4-10-17(19)20(22-18(14-24)21(23)26)15-8-7-9-16(25)13-15/h4-5,7-11,13,18,24-25H,2-3,6,12,14H2,1H3. The fourth-order valence-corrected chi connectivity index (χ4v) is 3.24. The van der Waals surface area contributed by atoms with Gasteiger partial charge < -0.3 is 15.1 Å². The predicted octanol–water partition coefficient (Wildman–Crippen LogP) is 3.13. The Labute approximate surface area is 153 Å². The molecule has 0 aromatic heterocycles. The lowest BCUT2D eigenvalue weighted by atomic mass is 10.00. The number of unbranched alkanes of at least 4 members (excludes halogenated alkanes) is 2. The molecule has 5 heteroatoms. The molecule has 1 unspecified atom stereocenters. The van der Waals surface area contributed by atoms with E-state index < -0.39 is 6.04 Å². The number of fused-ring (bicyclic) bond motifs is 1. The summed E-state index contributed by atoms with van der Waals surface area (Å²) in [5, 5.41) is 19.6. The van der Waals surface area contributed by atoms with Crippen molar-refractivity contribution in [1.29, 1.82) is 0 Å². The summed E-state index contributed by atoms with van der Waals surface area (Å²) in [6.45, 7) is 2.38. The molecule has 1 aliphatic heterocycles. The summed E-state index contributed by atoms with van der Waals surface area (Å²) in [4.78, 5) is 19.3. The number of hydrogen-bond acceptors (Lipinski definition) is 4. The van der Waals surface area contributed by atoms with Crippen LogP contribution < -0.4 is 4.90 Å². The molecule has 5 nitrogen and oxygen atoms in total. The number of para-hydroxylation sites is 1. The summed E-state index contributed by atoms with van der Waals surface area (Å²) in [7, 11) is 0. The van der Waals surface area contributed by atoms with Crippen molar-refractivity contribution in [1.82, 2.24) is 0 Å². The summed E-state index contributed by atoms with van der Waals surface area (Å²) in [6.07, 6.45) is 3.00. The largest absolute Gasteiger partial charge is 0.508 e. The number of phenols is 1. The molecule has 1 atom stereocenters. The molecule has 0 saturated carbocycles. The first-order chi connectivity index (χ1) is 12.7. The average Bonchev–Trinajstić information content (AvgIpc) is 2.77. The highest BCUT2D eigenvalue weighted by atomic mass is 16.3. The van der Waals surface area contributed by atoms with Gasteiger partial charge in [0.1, 0.15) is 5.75 Å². The SMILES string of the molecule is CCCCCN1C(=O)C(CO)N=C(c2cccc(O)c2)c2ccccc21. The van der Waals surface area contributed by atoms with Crippen molar-refractivity contribution >= 4 is 17.3 Å². The van der Waals surface area contributed by atoms with Gasteiger partial charge >= 0.3 is 0 Å². The van der Waals surface area contributed by atoms with Crippen LogP contribution in [-0.4, -0.2) is 41.0 Å². The smallest absolute Gasteiger partial charge is 0.254 e. The number of aliphatic hydroxyl groups excluding tert-OH is 1. The van der Waals surface area contributed by atoms with Crippen LogP contribution in [0.3, 0.4) is 0 Å². The van der Waals surface area contributed by atoms with Gasteiger partial charge in [-0.25, -0.2) is 0 Å². The topological polar surface area (TPSA) is 73.1 Å². The van der Waals surface area contributed by atoms with Gasteiger partial charge in [0.15, 0.2) is 6.04 Å². The van der Waals surface area contributed by atoms with Gasteiger partial charge in [0.05, 0.1) is 18.0 Å². The van der Waals surface area contributed by atoms with Crippen LogP contribution in [0.4, 0.5) is 5.69 Å². The lowest BCUT2D eigenvalue weighted by molar-refractivity contribution is -0.120. The first kappa shape index (κ1) is 18.1. The molecule has 0 saturated heterocycles. The molecule has 26 heavy (non-hydrogen) atoms. The van der Waals surface area contributed by atoms with Gasteiger partial charge in [-0.3, -0.25) is 9.79 Å². The lowest BCUT2D eigenvalue weighted by Crippen LogP contribution is -2.40. The lowest BCUT2D eigenvalue weighted by Gasteiger charge is -2.24. The van der Waals surface area contributed by atoms with Crippen molar-refractivity contribution in [3.63, 3.8) is 0 Å². The number of aromatic hydroxyl groups is 1. The van der Waals surface area contributed by atoms with Crippen molar-refractivity contribution in [2.45, 2.75) is 32.2 Å². The summed E-state index contributed by atoms with van der Waals surface area (Å²) < 4.78 is 0. The van der Waals surface area contributed by atoms with E-state index in [-0.39, 0.29) is 18.3 Å². The van der Waals surface area contributed by atoms with Gasteiger partial charge in [-0.2, -0.15) is 0 Å². The Balaban J connectivity index is 2.11. The van der Waals surface area contributed by atoms with Crippen molar-refractivity contribution < 1.29 is 15.0 Å². The number of benzodiazepines with no additional fused rings is 1. The molecule has 2 aromatic carbocycles. The molecule has 0 bridgehead atoms. The van der Waals surface area contributed by atoms with E-state index in [0.29, 0.717) is 12.3 Å². The molecular formula is C21H24N2O3. The number of hydrogen-bond donors (Lipinski definition) is 2. The Bertz CT molecular complexity index is 816. The number of aliphatic imine (C=N–C) groups is 1. The minimum absolute atomic E-state index is 0.138. The Morgan fingerprint density at radius 2 is 1.92 bits per heavy atom. The number of anilines is 1. The molecule has 0 aliphatic carbocycles. The quantitative estimate of drug-likeness (QED) is 0.785. The van der Waals surface area contributed by atoms with Gasteiger partial charge in [0.2, 0.25) is 0 Å². The van der Waals surface area contributed by atoms with Gasteiger partial charge in [-0.15, -0.1) is 0 Å². The number of nitrogens with zero attached hydrogens (tertiary/aromatic N) is 2. The van der Waals surface area contributed by atoms with E-state index >= 15 is 0 Å². The number of carbonyl (C=O) groups is 1. The molecular weight excluding hydrogens is 328 g/mol. The second-order valence-corrected chi connectivity index (χ2v) is 6.44. The molecule has 1 heterocycles. The predicted molar refractivity (Wildman–Crippen MR) is 103 cm³/mol. The van der Waals surface area contributed by atoms with Crippen LogP contribution in [0.1, 0.15) is 37.3 Å². The number of amides is 1. The zero-order valence-electron chi connectivity index (χ0n) is 14.9. The summed E-state index contributed by atoms with van der Waals surface area (Å²) in [6, 6.07) is 13.6. The number of phenolic OH excluding ortho intramolecular Hbond substituents is 1. The maximum Gasteiger partial charge on any atom is 0.254 e. The average molecular weight is 352 g/mol. The maximum atomic E-state index is 13.0. The van der Waals surface area contributed by atoms with Crippen LogP contribution in [0.25, 0.3) is 0 Å². The summed E-state index contributed by atoms with van der Waals surface area (Å²) in [5.74, 6) is -0.0511. The van der Waals surface area contributed by atoms with Crippen LogP contribution in [-0.2, 0) is 4.79 Å².